The molecule has 0 aliphatic carbocycles. The van der Waals surface area contributed by atoms with E-state index >= 15 is 0 Å². The second-order valence-electron chi connectivity index (χ2n) is 7.24. The van der Waals surface area contributed by atoms with E-state index in [1.54, 1.807) is 36.4 Å². The van der Waals surface area contributed by atoms with E-state index in [1.807, 2.05) is 25.1 Å². The number of aryl methyl sites for hydroxylation is 1. The van der Waals surface area contributed by atoms with Gasteiger partial charge in [-0.05, 0) is 44.0 Å². The number of hydrogen-bond donors (Lipinski definition) is 1. The molecule has 5 nitrogen and oxygen atoms in total. The summed E-state index contributed by atoms with van der Waals surface area (Å²) in [6.07, 6.45) is 5.34. The molecule has 0 unspecified atom stereocenters. The zero-order valence-electron chi connectivity index (χ0n) is 17.4. The second-order valence-corrected chi connectivity index (χ2v) is 9.10. The van der Waals surface area contributed by atoms with Gasteiger partial charge in [0.1, 0.15) is 0 Å². The van der Waals surface area contributed by atoms with Crippen molar-refractivity contribution in [3.63, 3.8) is 0 Å². The van der Waals surface area contributed by atoms with Crippen LogP contribution in [0.25, 0.3) is 0 Å². The normalized spacial score (nSPS) is 11.2. The molecule has 0 saturated heterocycles. The van der Waals surface area contributed by atoms with E-state index in [-0.39, 0.29) is 10.8 Å². The van der Waals surface area contributed by atoms with Gasteiger partial charge in [0.05, 0.1) is 10.6 Å². The molecule has 0 spiro atoms. The highest BCUT2D eigenvalue weighted by atomic mass is 32.2. The van der Waals surface area contributed by atoms with Crippen molar-refractivity contribution in [1.29, 1.82) is 0 Å². The summed E-state index contributed by atoms with van der Waals surface area (Å²) in [5.41, 5.74) is 1.64. The highest BCUT2D eigenvalue weighted by Gasteiger charge is 2.24. The maximum Gasteiger partial charge on any atom is 0.264 e. The zero-order valence-corrected chi connectivity index (χ0v) is 18.2. The van der Waals surface area contributed by atoms with Crippen molar-refractivity contribution in [1.82, 2.24) is 5.32 Å². The summed E-state index contributed by atoms with van der Waals surface area (Å²) in [7, 11) is -3.67. The van der Waals surface area contributed by atoms with E-state index in [2.05, 4.69) is 12.2 Å². The number of para-hydroxylation sites is 1. The summed E-state index contributed by atoms with van der Waals surface area (Å²) < 4.78 is 27.8. The number of sulfonamides is 1. The standard InChI is InChI=1S/C23H32N2O3S/c1-3-4-5-9-13-23(26)24-18-10-19-25(21-11-7-6-8-12-21)29(27,28)22-16-14-20(2)15-17-22/h6-8,11-12,14-17H,3-5,9-10,13,18-19H2,1-2H3,(H,24,26). The summed E-state index contributed by atoms with van der Waals surface area (Å²) in [6.45, 7) is 4.83. The molecule has 0 bridgehead atoms. The largest absolute Gasteiger partial charge is 0.356 e. The first-order valence-electron chi connectivity index (χ1n) is 10.4. The number of nitrogens with zero attached hydrogens (tertiary/aromatic N) is 1. The molecule has 1 amide bonds. The quantitative estimate of drug-likeness (QED) is 0.512. The van der Waals surface area contributed by atoms with Gasteiger partial charge in [-0.2, -0.15) is 0 Å². The average molecular weight is 417 g/mol. The fraction of sp³-hybridized carbons (Fsp3) is 0.435. The molecule has 0 aliphatic rings. The van der Waals surface area contributed by atoms with Crippen LogP contribution in [0.15, 0.2) is 59.5 Å². The topological polar surface area (TPSA) is 66.5 Å². The first-order valence-corrected chi connectivity index (χ1v) is 11.8. The van der Waals surface area contributed by atoms with Crippen LogP contribution in [0.2, 0.25) is 0 Å². The molecular weight excluding hydrogens is 384 g/mol. The summed E-state index contributed by atoms with van der Waals surface area (Å²) in [4.78, 5) is 12.2. The average Bonchev–Trinajstić information content (AvgIpc) is 2.72. The van der Waals surface area contributed by atoms with Crippen molar-refractivity contribution in [3.8, 4) is 0 Å². The molecule has 0 aromatic heterocycles. The van der Waals surface area contributed by atoms with Gasteiger partial charge in [-0.15, -0.1) is 0 Å². The van der Waals surface area contributed by atoms with Crippen molar-refractivity contribution < 1.29 is 13.2 Å². The highest BCUT2D eigenvalue weighted by molar-refractivity contribution is 7.92. The Morgan fingerprint density at radius 3 is 2.28 bits per heavy atom. The van der Waals surface area contributed by atoms with Crippen LogP contribution in [0.3, 0.4) is 0 Å². The molecule has 6 heteroatoms. The van der Waals surface area contributed by atoms with Gasteiger partial charge in [-0.1, -0.05) is 62.1 Å². The minimum Gasteiger partial charge on any atom is -0.356 e. The minimum absolute atomic E-state index is 0.0359. The van der Waals surface area contributed by atoms with Crippen molar-refractivity contribution in [3.05, 3.63) is 60.2 Å². The van der Waals surface area contributed by atoms with E-state index in [0.717, 1.165) is 31.2 Å². The monoisotopic (exact) mass is 416 g/mol. The molecule has 2 aromatic rings. The lowest BCUT2D eigenvalue weighted by molar-refractivity contribution is -0.121. The third kappa shape index (κ3) is 7.20. The Hall–Kier alpha value is -2.34. The summed E-state index contributed by atoms with van der Waals surface area (Å²) in [5.74, 6) is 0.0359. The third-order valence-corrected chi connectivity index (χ3v) is 6.61. The molecule has 0 radical (unpaired) electrons. The van der Waals surface area contributed by atoms with E-state index in [9.17, 15) is 13.2 Å². The maximum atomic E-state index is 13.2. The molecule has 0 fully saturated rings. The van der Waals surface area contributed by atoms with E-state index < -0.39 is 10.0 Å². The fourth-order valence-corrected chi connectivity index (χ4v) is 4.57. The van der Waals surface area contributed by atoms with E-state index in [4.69, 9.17) is 0 Å². The number of carbonyl (C=O) groups is 1. The van der Waals surface area contributed by atoms with Crippen LogP contribution >= 0.6 is 0 Å². The molecule has 158 valence electrons. The second kappa shape index (κ2) is 11.6. The number of unbranched alkanes of at least 4 members (excludes halogenated alkanes) is 3. The number of benzene rings is 2. The number of hydrogen-bond acceptors (Lipinski definition) is 3. The lowest BCUT2D eigenvalue weighted by atomic mass is 10.1. The van der Waals surface area contributed by atoms with Crippen molar-refractivity contribution in [2.45, 2.75) is 57.3 Å². The number of carbonyl (C=O) groups excluding carboxylic acids is 1. The Labute approximate surface area is 175 Å². The minimum atomic E-state index is -3.67. The summed E-state index contributed by atoms with van der Waals surface area (Å²) in [5, 5.41) is 2.90. The first kappa shape index (κ1) is 22.9. The van der Waals surface area contributed by atoms with Gasteiger partial charge in [0.25, 0.3) is 10.0 Å². The van der Waals surface area contributed by atoms with Gasteiger partial charge in [-0.25, -0.2) is 8.42 Å². The molecule has 2 aromatic carbocycles. The number of amides is 1. The van der Waals surface area contributed by atoms with E-state index in [1.165, 1.54) is 4.31 Å². The molecule has 29 heavy (non-hydrogen) atoms. The molecule has 0 saturated carbocycles. The van der Waals surface area contributed by atoms with E-state index in [0.29, 0.717) is 31.6 Å². The van der Waals surface area contributed by atoms with Crippen LogP contribution in [-0.4, -0.2) is 27.4 Å². The predicted molar refractivity (Wildman–Crippen MR) is 119 cm³/mol. The van der Waals surface area contributed by atoms with Crippen LogP contribution < -0.4 is 9.62 Å². The molecule has 0 aliphatic heterocycles. The fourth-order valence-electron chi connectivity index (χ4n) is 3.07. The zero-order chi connectivity index (χ0) is 21.1. The number of nitrogens with one attached hydrogen (secondary N) is 1. The van der Waals surface area contributed by atoms with Gasteiger partial charge in [-0.3, -0.25) is 9.10 Å². The van der Waals surface area contributed by atoms with Crippen molar-refractivity contribution >= 4 is 21.6 Å². The molecule has 1 N–H and O–H groups in total. The molecular formula is C23H32N2O3S. The SMILES string of the molecule is CCCCCCC(=O)NCCCN(c1ccccc1)S(=O)(=O)c1ccc(C)cc1. The Balaban J connectivity index is 1.99. The first-order chi connectivity index (χ1) is 13.9. The van der Waals surface area contributed by atoms with Crippen molar-refractivity contribution in [2.24, 2.45) is 0 Å². The third-order valence-electron chi connectivity index (χ3n) is 4.77. The van der Waals surface area contributed by atoms with Gasteiger partial charge in [0.2, 0.25) is 5.91 Å². The Bertz CT molecular complexity index is 849. The van der Waals surface area contributed by atoms with Crippen LogP contribution in [0.4, 0.5) is 5.69 Å². The van der Waals surface area contributed by atoms with Crippen LogP contribution in [0.5, 0.6) is 0 Å². The highest BCUT2D eigenvalue weighted by Crippen LogP contribution is 2.24. The lowest BCUT2D eigenvalue weighted by Crippen LogP contribution is -2.34. The number of anilines is 1. The van der Waals surface area contributed by atoms with Gasteiger partial charge in [0.15, 0.2) is 0 Å². The summed E-state index contributed by atoms with van der Waals surface area (Å²) >= 11 is 0. The van der Waals surface area contributed by atoms with Crippen LogP contribution in [0.1, 0.15) is 51.0 Å². The Morgan fingerprint density at radius 2 is 1.62 bits per heavy atom. The molecule has 0 atom stereocenters. The summed E-state index contributed by atoms with van der Waals surface area (Å²) in [6, 6.07) is 16.0. The van der Waals surface area contributed by atoms with Crippen LogP contribution in [0, 0.1) is 6.92 Å². The van der Waals surface area contributed by atoms with Gasteiger partial charge < -0.3 is 5.32 Å². The van der Waals surface area contributed by atoms with Gasteiger partial charge >= 0.3 is 0 Å². The molecule has 2 rings (SSSR count). The Morgan fingerprint density at radius 1 is 0.931 bits per heavy atom. The van der Waals surface area contributed by atoms with Gasteiger partial charge in [0, 0.05) is 19.5 Å². The molecule has 0 heterocycles. The number of rotatable bonds is 12. The predicted octanol–water partition coefficient (Wildman–Crippen LogP) is 4.67. The Kier molecular flexibility index (Phi) is 9.19. The van der Waals surface area contributed by atoms with Crippen LogP contribution in [-0.2, 0) is 14.8 Å². The van der Waals surface area contributed by atoms with Crippen molar-refractivity contribution in [2.75, 3.05) is 17.4 Å². The maximum absolute atomic E-state index is 13.2. The smallest absolute Gasteiger partial charge is 0.264 e. The lowest BCUT2D eigenvalue weighted by Gasteiger charge is -2.24.